The normalized spacial score (nSPS) is 21.0. The maximum absolute atomic E-state index is 11.7. The van der Waals surface area contributed by atoms with E-state index in [1.165, 1.54) is 6.33 Å². The highest BCUT2D eigenvalue weighted by Gasteiger charge is 2.29. The second-order valence-electron chi connectivity index (χ2n) is 6.08. The number of amides is 1. The molecule has 2 aromatic heterocycles. The summed E-state index contributed by atoms with van der Waals surface area (Å²) < 4.78 is 5.33. The fourth-order valence-corrected chi connectivity index (χ4v) is 2.98. The van der Waals surface area contributed by atoms with Gasteiger partial charge in [-0.15, -0.1) is 0 Å². The molecular weight excluding hydrogens is 310 g/mol. The first-order valence-electron chi connectivity index (χ1n) is 7.71. The second-order valence-corrected chi connectivity index (χ2v) is 6.08. The van der Waals surface area contributed by atoms with Gasteiger partial charge in [-0.2, -0.15) is 4.98 Å². The van der Waals surface area contributed by atoms with Crippen molar-refractivity contribution in [1.29, 1.82) is 0 Å². The van der Waals surface area contributed by atoms with Gasteiger partial charge in [0.15, 0.2) is 0 Å². The van der Waals surface area contributed by atoms with Gasteiger partial charge in [-0.3, -0.25) is 9.59 Å². The van der Waals surface area contributed by atoms with Crippen LogP contribution in [0.4, 0.5) is 0 Å². The monoisotopic (exact) mass is 325 g/mol. The fourth-order valence-electron chi connectivity index (χ4n) is 2.98. The van der Waals surface area contributed by atoms with Crippen LogP contribution in [0.25, 0.3) is 22.3 Å². The van der Waals surface area contributed by atoms with Crippen molar-refractivity contribution in [2.45, 2.75) is 25.8 Å². The van der Waals surface area contributed by atoms with Crippen molar-refractivity contribution in [3.63, 3.8) is 0 Å². The quantitative estimate of drug-likeness (QED) is 0.739. The van der Waals surface area contributed by atoms with Crippen LogP contribution in [-0.2, 0) is 4.79 Å². The summed E-state index contributed by atoms with van der Waals surface area (Å²) in [4.78, 5) is 34.5. The van der Waals surface area contributed by atoms with E-state index in [0.717, 1.165) is 6.42 Å². The third-order valence-corrected chi connectivity index (χ3v) is 4.15. The van der Waals surface area contributed by atoms with Gasteiger partial charge in [0, 0.05) is 12.0 Å². The van der Waals surface area contributed by atoms with E-state index in [9.17, 15) is 9.59 Å². The Labute approximate surface area is 136 Å². The minimum Gasteiger partial charge on any atom is -0.344 e. The number of carbonyl (C=O) groups excluding carboxylic acids is 1. The number of nitrogens with zero attached hydrogens (tertiary/aromatic N) is 3. The summed E-state index contributed by atoms with van der Waals surface area (Å²) in [5.74, 6) is 1.06. The van der Waals surface area contributed by atoms with Gasteiger partial charge < -0.3 is 14.8 Å². The molecule has 8 nitrogen and oxygen atoms in total. The summed E-state index contributed by atoms with van der Waals surface area (Å²) >= 11 is 0. The molecule has 3 aromatic rings. The molecule has 122 valence electrons. The summed E-state index contributed by atoms with van der Waals surface area (Å²) in [6, 6.07) is 4.90. The van der Waals surface area contributed by atoms with E-state index >= 15 is 0 Å². The largest absolute Gasteiger partial charge is 0.344 e. The van der Waals surface area contributed by atoms with Crippen LogP contribution >= 0.6 is 0 Å². The lowest BCUT2D eigenvalue weighted by molar-refractivity contribution is -0.124. The van der Waals surface area contributed by atoms with Crippen molar-refractivity contribution in [1.82, 2.24) is 25.4 Å². The second kappa shape index (κ2) is 5.55. The Morgan fingerprint density at radius 1 is 1.29 bits per heavy atom. The van der Waals surface area contributed by atoms with E-state index in [-0.39, 0.29) is 23.4 Å². The van der Waals surface area contributed by atoms with E-state index in [4.69, 9.17) is 4.52 Å². The number of aromatic nitrogens is 4. The molecule has 1 saturated heterocycles. The average molecular weight is 325 g/mol. The van der Waals surface area contributed by atoms with Crippen molar-refractivity contribution < 1.29 is 9.32 Å². The standard InChI is InChI=1S/C16H15N5O3/c1-8-4-12(19-13(22)5-8)16-20-14(21-24-16)9-2-3-10-11(6-9)17-7-18-15(10)23/h2-3,6-8,12H,4-5H2,1H3,(H,19,22)(H,17,18,23)/t8-,12-/m0/s1. The molecule has 0 radical (unpaired) electrons. The average Bonchev–Trinajstić information content (AvgIpc) is 3.04. The zero-order chi connectivity index (χ0) is 16.7. The molecule has 1 aliphatic heterocycles. The van der Waals surface area contributed by atoms with Gasteiger partial charge in [-0.05, 0) is 24.5 Å². The van der Waals surface area contributed by atoms with Gasteiger partial charge in [0.2, 0.25) is 17.6 Å². The van der Waals surface area contributed by atoms with Crippen LogP contribution in [0.5, 0.6) is 0 Å². The number of aromatic amines is 1. The highest BCUT2D eigenvalue weighted by Crippen LogP contribution is 2.28. The number of hydrogen-bond donors (Lipinski definition) is 2. The molecule has 1 aliphatic rings. The zero-order valence-corrected chi connectivity index (χ0v) is 12.9. The highest BCUT2D eigenvalue weighted by molar-refractivity contribution is 5.82. The molecule has 24 heavy (non-hydrogen) atoms. The minimum absolute atomic E-state index is 0.00682. The predicted molar refractivity (Wildman–Crippen MR) is 84.9 cm³/mol. The van der Waals surface area contributed by atoms with Crippen LogP contribution in [0.2, 0.25) is 0 Å². The van der Waals surface area contributed by atoms with Gasteiger partial charge in [-0.1, -0.05) is 18.1 Å². The summed E-state index contributed by atoms with van der Waals surface area (Å²) in [7, 11) is 0. The molecule has 0 aliphatic carbocycles. The smallest absolute Gasteiger partial charge is 0.258 e. The van der Waals surface area contributed by atoms with E-state index in [0.29, 0.717) is 34.6 Å². The molecule has 0 saturated carbocycles. The van der Waals surface area contributed by atoms with E-state index < -0.39 is 0 Å². The Hall–Kier alpha value is -3.03. The fraction of sp³-hybridized carbons (Fsp3) is 0.312. The molecule has 2 atom stereocenters. The van der Waals surface area contributed by atoms with Crippen molar-refractivity contribution in [3.05, 3.63) is 40.8 Å². The maximum Gasteiger partial charge on any atom is 0.258 e. The van der Waals surface area contributed by atoms with Gasteiger partial charge in [0.05, 0.1) is 17.2 Å². The lowest BCUT2D eigenvalue weighted by Crippen LogP contribution is -2.36. The molecule has 0 spiro atoms. The molecule has 8 heteroatoms. The summed E-state index contributed by atoms with van der Waals surface area (Å²) in [6.45, 7) is 2.02. The summed E-state index contributed by atoms with van der Waals surface area (Å²) in [5, 5.41) is 7.36. The van der Waals surface area contributed by atoms with E-state index in [1.807, 2.05) is 6.92 Å². The Bertz CT molecular complexity index is 977. The molecule has 1 amide bonds. The Balaban J connectivity index is 1.67. The number of benzene rings is 1. The van der Waals surface area contributed by atoms with Crippen LogP contribution in [0, 0.1) is 5.92 Å². The third kappa shape index (κ3) is 2.55. The van der Waals surface area contributed by atoms with Crippen LogP contribution in [0.15, 0.2) is 33.8 Å². The number of hydrogen-bond acceptors (Lipinski definition) is 6. The number of fused-ring (bicyclic) bond motifs is 1. The molecule has 0 unspecified atom stereocenters. The van der Waals surface area contributed by atoms with E-state index in [2.05, 4.69) is 25.4 Å². The van der Waals surface area contributed by atoms with Crippen LogP contribution in [0.1, 0.15) is 31.7 Å². The predicted octanol–water partition coefficient (Wildman–Crippen LogP) is 1.56. The molecular formula is C16H15N5O3. The van der Waals surface area contributed by atoms with Crippen molar-refractivity contribution in [2.24, 2.45) is 5.92 Å². The number of carbonyl (C=O) groups is 1. The molecule has 4 rings (SSSR count). The Morgan fingerprint density at radius 2 is 2.17 bits per heavy atom. The lowest BCUT2D eigenvalue weighted by atomic mass is 9.94. The molecule has 3 heterocycles. The number of nitrogens with one attached hydrogen (secondary N) is 2. The Kier molecular flexibility index (Phi) is 3.37. The van der Waals surface area contributed by atoms with Gasteiger partial charge in [0.25, 0.3) is 5.56 Å². The van der Waals surface area contributed by atoms with Crippen molar-refractivity contribution in [3.8, 4) is 11.4 Å². The number of H-pyrrole nitrogens is 1. The maximum atomic E-state index is 11.7. The molecule has 1 fully saturated rings. The topological polar surface area (TPSA) is 114 Å². The van der Waals surface area contributed by atoms with Crippen LogP contribution in [0.3, 0.4) is 0 Å². The van der Waals surface area contributed by atoms with Crippen molar-refractivity contribution >= 4 is 16.8 Å². The van der Waals surface area contributed by atoms with Gasteiger partial charge in [-0.25, -0.2) is 4.98 Å². The molecule has 0 bridgehead atoms. The first kappa shape index (κ1) is 14.6. The molecule has 1 aromatic carbocycles. The summed E-state index contributed by atoms with van der Waals surface area (Å²) in [5.41, 5.74) is 1.06. The SMILES string of the molecule is C[C@@H]1CC(=O)N[C@H](c2nc(-c3ccc4c(=O)[nH]cnc4c3)no2)C1. The first-order valence-corrected chi connectivity index (χ1v) is 7.71. The lowest BCUT2D eigenvalue weighted by Gasteiger charge is -2.24. The zero-order valence-electron chi connectivity index (χ0n) is 12.9. The van der Waals surface area contributed by atoms with Crippen molar-refractivity contribution in [2.75, 3.05) is 0 Å². The first-order chi connectivity index (χ1) is 11.6. The van der Waals surface area contributed by atoms with E-state index in [1.54, 1.807) is 18.2 Å². The number of rotatable bonds is 2. The third-order valence-electron chi connectivity index (χ3n) is 4.15. The Morgan fingerprint density at radius 3 is 3.00 bits per heavy atom. The van der Waals surface area contributed by atoms with Gasteiger partial charge >= 0.3 is 0 Å². The molecule has 2 N–H and O–H groups in total. The van der Waals surface area contributed by atoms with Gasteiger partial charge in [0.1, 0.15) is 6.04 Å². The minimum atomic E-state index is -0.260. The summed E-state index contributed by atoms with van der Waals surface area (Å²) in [6.07, 6.45) is 2.64. The number of piperidine rings is 1. The van der Waals surface area contributed by atoms with Crippen LogP contribution in [-0.4, -0.2) is 26.0 Å². The van der Waals surface area contributed by atoms with Crippen LogP contribution < -0.4 is 10.9 Å². The highest BCUT2D eigenvalue weighted by atomic mass is 16.5.